The molecule has 1 aliphatic heterocycles. The van der Waals surface area contributed by atoms with Gasteiger partial charge in [-0.1, -0.05) is 0 Å². The first-order valence-corrected chi connectivity index (χ1v) is 4.92. The fraction of sp³-hybridized carbons (Fsp3) is 0.800. The van der Waals surface area contributed by atoms with E-state index in [2.05, 4.69) is 5.32 Å². The van der Waals surface area contributed by atoms with E-state index in [0.717, 1.165) is 0 Å². The van der Waals surface area contributed by atoms with Gasteiger partial charge in [-0.15, -0.1) is 0 Å². The third-order valence-electron chi connectivity index (χ3n) is 2.03. The minimum absolute atomic E-state index is 0.218. The summed E-state index contributed by atoms with van der Waals surface area (Å²) >= 11 is 0. The lowest BCUT2D eigenvalue weighted by atomic mass is 10.0. The van der Waals surface area contributed by atoms with Gasteiger partial charge in [0.05, 0.1) is 6.61 Å². The van der Waals surface area contributed by atoms with E-state index in [0.29, 0.717) is 19.3 Å². The zero-order chi connectivity index (χ0) is 11.5. The van der Waals surface area contributed by atoms with Gasteiger partial charge in [-0.05, 0) is 20.8 Å². The van der Waals surface area contributed by atoms with Crippen LogP contribution in [0.25, 0.3) is 0 Å². The average molecular weight is 215 g/mol. The molecule has 86 valence electrons. The van der Waals surface area contributed by atoms with E-state index in [9.17, 15) is 9.59 Å². The van der Waals surface area contributed by atoms with Crippen molar-refractivity contribution in [2.75, 3.05) is 13.2 Å². The highest BCUT2D eigenvalue weighted by molar-refractivity contribution is 5.77. The second kappa shape index (κ2) is 4.18. The Bertz CT molecular complexity index is 251. The second-order valence-electron chi connectivity index (χ2n) is 4.70. The predicted octanol–water partition coefficient (Wildman–Crippen LogP) is 0.869. The summed E-state index contributed by atoms with van der Waals surface area (Å²) in [6.07, 6.45) is 0.625. The first-order valence-electron chi connectivity index (χ1n) is 4.92. The van der Waals surface area contributed by atoms with Crippen LogP contribution >= 0.6 is 0 Å². The van der Waals surface area contributed by atoms with Crippen LogP contribution in [0.1, 0.15) is 27.2 Å². The highest BCUT2D eigenvalue weighted by Crippen LogP contribution is 2.17. The van der Waals surface area contributed by atoms with Crippen molar-refractivity contribution < 1.29 is 19.1 Å². The molecule has 0 aromatic rings. The smallest absolute Gasteiger partial charge is 0.408 e. The van der Waals surface area contributed by atoms with Crippen LogP contribution in [0, 0.1) is 0 Å². The van der Waals surface area contributed by atoms with Gasteiger partial charge in [0.1, 0.15) is 17.4 Å². The molecular formula is C10H17NO4. The summed E-state index contributed by atoms with van der Waals surface area (Å²) in [5.74, 6) is 0. The summed E-state index contributed by atoms with van der Waals surface area (Å²) in [7, 11) is 0. The van der Waals surface area contributed by atoms with Gasteiger partial charge in [0.2, 0.25) is 0 Å². The van der Waals surface area contributed by atoms with Crippen LogP contribution < -0.4 is 5.32 Å². The summed E-state index contributed by atoms with van der Waals surface area (Å²) in [6.45, 7) is 6.01. The van der Waals surface area contributed by atoms with Crippen LogP contribution in [0.5, 0.6) is 0 Å². The van der Waals surface area contributed by atoms with Gasteiger partial charge < -0.3 is 19.6 Å². The fourth-order valence-electron chi connectivity index (χ4n) is 1.31. The van der Waals surface area contributed by atoms with E-state index in [4.69, 9.17) is 9.47 Å². The van der Waals surface area contributed by atoms with E-state index < -0.39 is 17.2 Å². The minimum Gasteiger partial charge on any atom is -0.444 e. The van der Waals surface area contributed by atoms with Crippen LogP contribution in [0.4, 0.5) is 4.79 Å². The number of carbonyl (C=O) groups is 2. The largest absolute Gasteiger partial charge is 0.444 e. The molecule has 0 aliphatic carbocycles. The van der Waals surface area contributed by atoms with Crippen molar-refractivity contribution in [1.82, 2.24) is 5.32 Å². The third kappa shape index (κ3) is 3.51. The van der Waals surface area contributed by atoms with Crippen molar-refractivity contribution in [2.24, 2.45) is 0 Å². The Morgan fingerprint density at radius 1 is 1.53 bits per heavy atom. The van der Waals surface area contributed by atoms with Crippen LogP contribution in [0.3, 0.4) is 0 Å². The van der Waals surface area contributed by atoms with Gasteiger partial charge in [-0.3, -0.25) is 0 Å². The number of nitrogens with one attached hydrogen (secondary N) is 1. The summed E-state index contributed by atoms with van der Waals surface area (Å²) < 4.78 is 10.1. The molecule has 1 N–H and O–H groups in total. The Morgan fingerprint density at radius 3 is 2.60 bits per heavy atom. The number of amides is 1. The third-order valence-corrected chi connectivity index (χ3v) is 2.03. The Balaban J connectivity index is 2.52. The number of hydrogen-bond donors (Lipinski definition) is 1. The molecule has 1 aliphatic rings. The van der Waals surface area contributed by atoms with Gasteiger partial charge in [-0.25, -0.2) is 4.79 Å². The number of ether oxygens (including phenoxy) is 2. The molecule has 0 saturated carbocycles. The van der Waals surface area contributed by atoms with Crippen molar-refractivity contribution in [1.29, 1.82) is 0 Å². The van der Waals surface area contributed by atoms with Gasteiger partial charge in [0, 0.05) is 13.0 Å². The van der Waals surface area contributed by atoms with Crippen LogP contribution in [-0.4, -0.2) is 36.7 Å². The van der Waals surface area contributed by atoms with Crippen molar-refractivity contribution in [3.05, 3.63) is 0 Å². The number of hydrogen-bond acceptors (Lipinski definition) is 4. The average Bonchev–Trinajstić information content (AvgIpc) is 2.50. The molecule has 0 radical (unpaired) electrons. The molecule has 0 aromatic heterocycles. The Hall–Kier alpha value is -1.10. The Morgan fingerprint density at radius 2 is 2.20 bits per heavy atom. The second-order valence-corrected chi connectivity index (χ2v) is 4.70. The lowest BCUT2D eigenvalue weighted by molar-refractivity contribution is -0.113. The highest BCUT2D eigenvalue weighted by Gasteiger charge is 2.37. The van der Waals surface area contributed by atoms with E-state index >= 15 is 0 Å². The molecule has 1 amide bonds. The lowest BCUT2D eigenvalue weighted by Crippen LogP contribution is -2.51. The molecule has 5 nitrogen and oxygen atoms in total. The first kappa shape index (κ1) is 12.0. The van der Waals surface area contributed by atoms with E-state index in [1.54, 1.807) is 20.8 Å². The minimum atomic E-state index is -0.900. The predicted molar refractivity (Wildman–Crippen MR) is 53.6 cm³/mol. The number of aldehydes is 1. The first-order chi connectivity index (χ1) is 6.87. The molecule has 1 atom stereocenters. The van der Waals surface area contributed by atoms with E-state index in [1.807, 2.05) is 0 Å². The molecule has 15 heavy (non-hydrogen) atoms. The van der Waals surface area contributed by atoms with Gasteiger partial charge in [0.25, 0.3) is 0 Å². The number of rotatable bonds is 2. The van der Waals surface area contributed by atoms with Gasteiger partial charge in [-0.2, -0.15) is 0 Å². The maximum atomic E-state index is 11.4. The van der Waals surface area contributed by atoms with Gasteiger partial charge >= 0.3 is 6.09 Å². The maximum absolute atomic E-state index is 11.4. The van der Waals surface area contributed by atoms with Crippen molar-refractivity contribution >= 4 is 12.4 Å². The highest BCUT2D eigenvalue weighted by atomic mass is 16.6. The summed E-state index contributed by atoms with van der Waals surface area (Å²) in [5, 5.41) is 2.54. The summed E-state index contributed by atoms with van der Waals surface area (Å²) in [6, 6.07) is 0. The zero-order valence-electron chi connectivity index (χ0n) is 9.33. The Kier molecular flexibility index (Phi) is 3.34. The standard InChI is InChI=1S/C10H17NO4/c1-9(2,3)15-8(13)11-10(6-12)4-5-14-7-10/h6H,4-5,7H2,1-3H3,(H,11,13). The van der Waals surface area contributed by atoms with Crippen molar-refractivity contribution in [3.63, 3.8) is 0 Å². The van der Waals surface area contributed by atoms with Crippen LogP contribution in [-0.2, 0) is 14.3 Å². The lowest BCUT2D eigenvalue weighted by Gasteiger charge is -2.25. The maximum Gasteiger partial charge on any atom is 0.408 e. The summed E-state index contributed by atoms with van der Waals surface area (Å²) in [4.78, 5) is 22.3. The zero-order valence-corrected chi connectivity index (χ0v) is 9.33. The molecule has 1 saturated heterocycles. The normalized spacial score (nSPS) is 26.1. The quantitative estimate of drug-likeness (QED) is 0.694. The number of alkyl carbamates (subject to hydrolysis) is 1. The van der Waals surface area contributed by atoms with E-state index in [1.165, 1.54) is 0 Å². The van der Waals surface area contributed by atoms with Crippen molar-refractivity contribution in [2.45, 2.75) is 38.3 Å². The van der Waals surface area contributed by atoms with Gasteiger partial charge in [0.15, 0.2) is 0 Å². The molecular weight excluding hydrogens is 198 g/mol. The molecule has 1 fully saturated rings. The SMILES string of the molecule is CC(C)(C)OC(=O)NC1(C=O)CCOC1. The summed E-state index contributed by atoms with van der Waals surface area (Å²) in [5.41, 5.74) is -1.46. The number of carbonyl (C=O) groups excluding carboxylic acids is 2. The molecule has 1 rings (SSSR count). The molecule has 1 unspecified atom stereocenters. The molecule has 5 heteroatoms. The van der Waals surface area contributed by atoms with Crippen LogP contribution in [0.2, 0.25) is 0 Å². The fourth-order valence-corrected chi connectivity index (χ4v) is 1.31. The van der Waals surface area contributed by atoms with E-state index in [-0.39, 0.29) is 6.61 Å². The topological polar surface area (TPSA) is 64.6 Å². The molecule has 0 bridgehead atoms. The molecule has 0 aromatic carbocycles. The van der Waals surface area contributed by atoms with Crippen LogP contribution in [0.15, 0.2) is 0 Å². The monoisotopic (exact) mass is 215 g/mol. The molecule has 1 heterocycles. The Labute approximate surface area is 89.1 Å². The molecule has 0 spiro atoms. The van der Waals surface area contributed by atoms with Crippen molar-refractivity contribution in [3.8, 4) is 0 Å².